The van der Waals surface area contributed by atoms with E-state index in [1.807, 2.05) is 0 Å². The van der Waals surface area contributed by atoms with Gasteiger partial charge in [0.05, 0.1) is 0 Å². The summed E-state index contributed by atoms with van der Waals surface area (Å²) in [5, 5.41) is 27.3. The number of nitrogens with zero attached hydrogens (tertiary/aromatic N) is 2. The first-order valence-corrected chi connectivity index (χ1v) is 10.1. The molecule has 0 aromatic carbocycles. The number of hydrogen-bond acceptors (Lipinski definition) is 7. The topological polar surface area (TPSA) is 170 Å². The molecule has 0 spiro atoms. The number of carbonyl (C=O) groups is 1. The zero-order chi connectivity index (χ0) is 21.5. The van der Waals surface area contributed by atoms with Gasteiger partial charge in [-0.25, -0.2) is 0 Å². The number of alkyl halides is 3. The zero-order valence-corrected chi connectivity index (χ0v) is 15.7. The van der Waals surface area contributed by atoms with Crippen LogP contribution in [-0.4, -0.2) is 88.7 Å². The van der Waals surface area contributed by atoms with Gasteiger partial charge in [0.1, 0.15) is 12.1 Å². The van der Waals surface area contributed by atoms with Crippen molar-refractivity contribution in [3.8, 4) is 0 Å². The number of aliphatic carboxylic acids is 1. The molecule has 1 saturated heterocycles. The summed E-state index contributed by atoms with van der Waals surface area (Å²) in [6.07, 6.45) is -4.57. The zero-order valence-electron chi connectivity index (χ0n) is 14.9. The quantitative estimate of drug-likeness (QED) is 0.265. The second-order valence-corrected chi connectivity index (χ2v) is 9.26. The lowest BCUT2D eigenvalue weighted by Crippen LogP contribution is -2.56. The van der Waals surface area contributed by atoms with Gasteiger partial charge in [0.25, 0.3) is 10.2 Å². The first-order chi connectivity index (χ1) is 12.7. The standard InChI is InChI=1S/C13H24BF3N4O6S/c15-13(16,17)7-21(10-4-9(10)18)28(26,27)20-5-8(2-1-3-14(24)25)12(19,6-20)11(22)23/h8-10,24-25H,1-7,18-19H2,(H,22,23)/t8-,9?,10?,12-/m0/s1. The van der Waals surface area contributed by atoms with E-state index in [-0.39, 0.29) is 36.4 Å². The molecule has 1 aliphatic heterocycles. The summed E-state index contributed by atoms with van der Waals surface area (Å²) < 4.78 is 65.3. The first kappa shape index (κ1) is 23.3. The summed E-state index contributed by atoms with van der Waals surface area (Å²) in [4.78, 5) is 11.6. The van der Waals surface area contributed by atoms with Crippen LogP contribution in [-0.2, 0) is 15.0 Å². The Balaban J connectivity index is 2.23. The van der Waals surface area contributed by atoms with Gasteiger partial charge in [-0.05, 0) is 19.2 Å². The van der Waals surface area contributed by atoms with Crippen molar-refractivity contribution in [2.75, 3.05) is 19.6 Å². The van der Waals surface area contributed by atoms with E-state index >= 15 is 0 Å². The first-order valence-electron chi connectivity index (χ1n) is 8.66. The van der Waals surface area contributed by atoms with Crippen LogP contribution < -0.4 is 11.5 Å². The highest BCUT2D eigenvalue weighted by atomic mass is 32.2. The molecule has 1 aliphatic carbocycles. The highest BCUT2D eigenvalue weighted by Gasteiger charge is 2.56. The minimum atomic E-state index is -4.79. The molecule has 0 bridgehead atoms. The fraction of sp³-hybridized carbons (Fsp3) is 0.923. The Morgan fingerprint density at radius 2 is 1.93 bits per heavy atom. The number of rotatable bonds is 9. The van der Waals surface area contributed by atoms with Gasteiger partial charge in [-0.1, -0.05) is 6.42 Å². The second-order valence-electron chi connectivity index (χ2n) is 7.38. The van der Waals surface area contributed by atoms with Crippen LogP contribution in [0.15, 0.2) is 0 Å². The molecule has 10 nitrogen and oxygen atoms in total. The molecule has 2 fully saturated rings. The van der Waals surface area contributed by atoms with Crippen LogP contribution in [0.25, 0.3) is 0 Å². The van der Waals surface area contributed by atoms with Crippen molar-refractivity contribution < 1.29 is 41.5 Å². The van der Waals surface area contributed by atoms with E-state index in [9.17, 15) is 31.5 Å². The van der Waals surface area contributed by atoms with Gasteiger partial charge in [-0.2, -0.15) is 30.2 Å². The molecule has 0 aromatic heterocycles. The number of carboxylic acid groups (broad SMARTS) is 1. The highest BCUT2D eigenvalue weighted by Crippen LogP contribution is 2.37. The number of carboxylic acids is 1. The maximum atomic E-state index is 12.9. The Kier molecular flexibility index (Phi) is 6.70. The molecule has 2 aliphatic rings. The van der Waals surface area contributed by atoms with Crippen molar-refractivity contribution >= 4 is 23.3 Å². The van der Waals surface area contributed by atoms with Gasteiger partial charge >= 0.3 is 19.3 Å². The molecule has 4 atom stereocenters. The highest BCUT2D eigenvalue weighted by molar-refractivity contribution is 7.86. The van der Waals surface area contributed by atoms with Crippen molar-refractivity contribution in [2.24, 2.45) is 17.4 Å². The molecule has 28 heavy (non-hydrogen) atoms. The monoisotopic (exact) mass is 432 g/mol. The molecular weight excluding hydrogens is 408 g/mol. The summed E-state index contributed by atoms with van der Waals surface area (Å²) >= 11 is 0. The lowest BCUT2D eigenvalue weighted by molar-refractivity contribution is -0.144. The molecular formula is C13H24BF3N4O6S. The van der Waals surface area contributed by atoms with E-state index in [0.717, 1.165) is 0 Å². The third kappa shape index (κ3) is 5.14. The number of halogens is 3. The largest absolute Gasteiger partial charge is 0.480 e. The van der Waals surface area contributed by atoms with Crippen LogP contribution >= 0.6 is 0 Å². The average molecular weight is 432 g/mol. The van der Waals surface area contributed by atoms with Crippen LogP contribution in [0, 0.1) is 5.92 Å². The van der Waals surface area contributed by atoms with Gasteiger partial charge in [0, 0.05) is 31.1 Å². The summed E-state index contributed by atoms with van der Waals surface area (Å²) in [7, 11) is -6.27. The van der Waals surface area contributed by atoms with Crippen molar-refractivity contribution in [1.29, 1.82) is 0 Å². The van der Waals surface area contributed by atoms with Gasteiger partial charge in [0.2, 0.25) is 0 Å². The normalized spacial score (nSPS) is 31.4. The fourth-order valence-corrected chi connectivity index (χ4v) is 5.37. The van der Waals surface area contributed by atoms with Gasteiger partial charge < -0.3 is 26.6 Å². The van der Waals surface area contributed by atoms with Gasteiger partial charge in [0.15, 0.2) is 0 Å². The number of hydrogen-bond donors (Lipinski definition) is 5. The lowest BCUT2D eigenvalue weighted by atomic mass is 9.78. The summed E-state index contributed by atoms with van der Waals surface area (Å²) in [6.45, 7) is -2.80. The average Bonchev–Trinajstić information content (AvgIpc) is 3.14. The SMILES string of the molecule is NC1CC1N(CC(F)(F)F)S(=O)(=O)N1C[C@H](CCCB(O)O)[C@](N)(C(=O)O)C1. The molecule has 2 unspecified atom stereocenters. The van der Waals surface area contributed by atoms with Crippen LogP contribution in [0.2, 0.25) is 6.32 Å². The van der Waals surface area contributed by atoms with Crippen LogP contribution in [0.4, 0.5) is 13.2 Å². The maximum Gasteiger partial charge on any atom is 0.451 e. The fourth-order valence-electron chi connectivity index (χ4n) is 3.43. The minimum absolute atomic E-state index is 0.0641. The molecule has 1 heterocycles. The molecule has 162 valence electrons. The maximum absolute atomic E-state index is 12.9. The molecule has 0 aromatic rings. The smallest absolute Gasteiger partial charge is 0.451 e. The van der Waals surface area contributed by atoms with Gasteiger partial charge in [-0.3, -0.25) is 4.79 Å². The second kappa shape index (κ2) is 8.05. The van der Waals surface area contributed by atoms with Crippen LogP contribution in [0.3, 0.4) is 0 Å². The summed E-state index contributed by atoms with van der Waals surface area (Å²) in [6, 6.07) is -1.73. The Labute approximate surface area is 160 Å². The lowest BCUT2D eigenvalue weighted by Gasteiger charge is -2.29. The Morgan fingerprint density at radius 1 is 1.36 bits per heavy atom. The summed E-state index contributed by atoms with van der Waals surface area (Å²) in [5.41, 5.74) is 9.45. The van der Waals surface area contributed by atoms with E-state index in [0.29, 0.717) is 4.31 Å². The molecule has 1 saturated carbocycles. The van der Waals surface area contributed by atoms with E-state index in [1.165, 1.54) is 0 Å². The van der Waals surface area contributed by atoms with E-state index in [1.54, 1.807) is 0 Å². The minimum Gasteiger partial charge on any atom is -0.480 e. The van der Waals surface area contributed by atoms with Crippen LogP contribution in [0.5, 0.6) is 0 Å². The molecule has 15 heteroatoms. The van der Waals surface area contributed by atoms with Crippen molar-refractivity contribution in [3.63, 3.8) is 0 Å². The molecule has 2 rings (SSSR count). The summed E-state index contributed by atoms with van der Waals surface area (Å²) in [5.74, 6) is -2.38. The predicted molar refractivity (Wildman–Crippen MR) is 91.9 cm³/mol. The van der Waals surface area contributed by atoms with E-state index in [4.69, 9.17) is 21.5 Å². The Bertz CT molecular complexity index is 696. The Hall–Kier alpha value is -0.965. The van der Waals surface area contributed by atoms with Gasteiger partial charge in [-0.15, -0.1) is 0 Å². The Morgan fingerprint density at radius 3 is 2.36 bits per heavy atom. The third-order valence-corrected chi connectivity index (χ3v) is 7.06. The van der Waals surface area contributed by atoms with Crippen molar-refractivity contribution in [2.45, 2.75) is 49.4 Å². The third-order valence-electron chi connectivity index (χ3n) is 5.14. The molecule has 0 amide bonds. The van der Waals surface area contributed by atoms with Crippen molar-refractivity contribution in [1.82, 2.24) is 8.61 Å². The predicted octanol–water partition coefficient (Wildman–Crippen LogP) is -1.84. The molecule has 0 radical (unpaired) electrons. The van der Waals surface area contributed by atoms with Crippen molar-refractivity contribution in [3.05, 3.63) is 0 Å². The number of nitrogens with two attached hydrogens (primary N) is 2. The van der Waals surface area contributed by atoms with E-state index < -0.39 is 66.1 Å². The molecule has 7 N–H and O–H groups in total. The van der Waals surface area contributed by atoms with Crippen LogP contribution in [0.1, 0.15) is 19.3 Å². The van der Waals surface area contributed by atoms with E-state index in [2.05, 4.69) is 0 Å².